The van der Waals surface area contributed by atoms with Crippen LogP contribution in [0.1, 0.15) is 49.5 Å². The van der Waals surface area contributed by atoms with E-state index in [9.17, 15) is 9.59 Å². The third kappa shape index (κ3) is 5.92. The molecular formula is C21H26N2O3. The van der Waals surface area contributed by atoms with Crippen molar-refractivity contribution in [3.63, 3.8) is 0 Å². The van der Waals surface area contributed by atoms with Crippen LogP contribution in [0.15, 0.2) is 48.5 Å². The highest BCUT2D eigenvalue weighted by Crippen LogP contribution is 2.24. The Kier molecular flexibility index (Phi) is 6.39. The highest BCUT2D eigenvalue weighted by atomic mass is 16.5. The third-order valence-electron chi connectivity index (χ3n) is 3.99. The van der Waals surface area contributed by atoms with Gasteiger partial charge in [-0.2, -0.15) is 0 Å². The Balaban J connectivity index is 1.72. The molecule has 0 aliphatic rings. The zero-order valence-electron chi connectivity index (χ0n) is 15.5. The van der Waals surface area contributed by atoms with Gasteiger partial charge < -0.3 is 15.8 Å². The number of hydrogen-bond donors (Lipinski definition) is 2. The van der Waals surface area contributed by atoms with Gasteiger partial charge in [-0.25, -0.2) is 0 Å². The van der Waals surface area contributed by atoms with Gasteiger partial charge in [0.25, 0.3) is 0 Å². The van der Waals surface area contributed by atoms with Crippen LogP contribution in [-0.2, 0) is 10.2 Å². The van der Waals surface area contributed by atoms with Crippen molar-refractivity contribution in [2.45, 2.75) is 39.0 Å². The summed E-state index contributed by atoms with van der Waals surface area (Å²) in [6.45, 7) is 6.98. The van der Waals surface area contributed by atoms with Crippen LogP contribution in [-0.4, -0.2) is 18.4 Å². The molecule has 0 radical (unpaired) electrons. The number of anilines is 1. The molecule has 0 saturated carbocycles. The predicted octanol–water partition coefficient (Wildman–Crippen LogP) is 3.88. The number of primary amides is 1. The van der Waals surface area contributed by atoms with E-state index in [4.69, 9.17) is 10.5 Å². The molecule has 0 atom stereocenters. The van der Waals surface area contributed by atoms with Crippen LogP contribution in [0.2, 0.25) is 0 Å². The summed E-state index contributed by atoms with van der Waals surface area (Å²) < 4.78 is 5.68. The summed E-state index contributed by atoms with van der Waals surface area (Å²) in [5.74, 6) is 0.222. The molecule has 5 heteroatoms. The van der Waals surface area contributed by atoms with Crippen LogP contribution in [0.4, 0.5) is 5.69 Å². The number of carbonyl (C=O) groups is 2. The molecule has 0 aliphatic carbocycles. The van der Waals surface area contributed by atoms with E-state index in [0.717, 1.165) is 5.75 Å². The minimum absolute atomic E-state index is 0.0940. The number of nitrogens with two attached hydrogens (primary N) is 1. The van der Waals surface area contributed by atoms with Crippen molar-refractivity contribution in [1.82, 2.24) is 0 Å². The topological polar surface area (TPSA) is 81.4 Å². The Bertz CT molecular complexity index is 744. The van der Waals surface area contributed by atoms with Gasteiger partial charge in [-0.1, -0.05) is 32.9 Å². The van der Waals surface area contributed by atoms with Crippen molar-refractivity contribution < 1.29 is 14.3 Å². The summed E-state index contributed by atoms with van der Waals surface area (Å²) >= 11 is 0. The fourth-order valence-corrected chi connectivity index (χ4v) is 2.42. The first kappa shape index (κ1) is 19.5. The number of benzene rings is 2. The summed E-state index contributed by atoms with van der Waals surface area (Å²) in [5.41, 5.74) is 7.61. The number of ether oxygens (including phenoxy) is 1. The minimum Gasteiger partial charge on any atom is -0.494 e. The average Bonchev–Trinajstić information content (AvgIpc) is 2.59. The first-order valence-corrected chi connectivity index (χ1v) is 8.69. The summed E-state index contributed by atoms with van der Waals surface area (Å²) in [7, 11) is 0. The van der Waals surface area contributed by atoms with E-state index in [-0.39, 0.29) is 11.3 Å². The maximum absolute atomic E-state index is 11.9. The molecule has 26 heavy (non-hydrogen) atoms. The summed E-state index contributed by atoms with van der Waals surface area (Å²) in [6.07, 6.45) is 0.976. The van der Waals surface area contributed by atoms with E-state index in [1.807, 2.05) is 12.1 Å². The van der Waals surface area contributed by atoms with Crippen LogP contribution in [0.3, 0.4) is 0 Å². The summed E-state index contributed by atoms with van der Waals surface area (Å²) in [5, 5.41) is 2.78. The van der Waals surface area contributed by atoms with E-state index in [1.54, 1.807) is 24.3 Å². The number of amides is 2. The van der Waals surface area contributed by atoms with E-state index in [1.165, 1.54) is 5.56 Å². The first-order chi connectivity index (χ1) is 12.3. The number of rotatable bonds is 7. The highest BCUT2D eigenvalue weighted by Gasteiger charge is 2.13. The summed E-state index contributed by atoms with van der Waals surface area (Å²) in [6, 6.07) is 14.5. The molecule has 3 N–H and O–H groups in total. The Hall–Kier alpha value is -2.82. The van der Waals surface area contributed by atoms with Crippen molar-refractivity contribution in [1.29, 1.82) is 0 Å². The van der Waals surface area contributed by atoms with Gasteiger partial charge in [-0.15, -0.1) is 0 Å². The molecule has 0 bridgehead atoms. The van der Waals surface area contributed by atoms with Gasteiger partial charge >= 0.3 is 0 Å². The zero-order chi connectivity index (χ0) is 19.2. The maximum atomic E-state index is 11.9. The highest BCUT2D eigenvalue weighted by molar-refractivity contribution is 5.94. The van der Waals surface area contributed by atoms with Crippen molar-refractivity contribution >= 4 is 17.5 Å². The van der Waals surface area contributed by atoms with Crippen LogP contribution in [0.25, 0.3) is 0 Å². The second-order valence-electron chi connectivity index (χ2n) is 7.22. The smallest absolute Gasteiger partial charge is 0.248 e. The SMILES string of the molecule is CC(C)(C)c1ccc(OCCCC(=O)Nc2ccc(C(N)=O)cc2)cc1. The molecule has 2 aromatic carbocycles. The molecule has 0 saturated heterocycles. The minimum atomic E-state index is -0.490. The van der Waals surface area contributed by atoms with Gasteiger partial charge in [-0.3, -0.25) is 9.59 Å². The second kappa shape index (κ2) is 8.52. The standard InChI is InChI=1S/C21H26N2O3/c1-21(2,3)16-8-12-18(13-9-16)26-14-4-5-19(24)23-17-10-6-15(7-11-17)20(22)25/h6-13H,4-5,14H2,1-3H3,(H2,22,25)(H,23,24). The van der Waals surface area contributed by atoms with E-state index in [0.29, 0.717) is 30.7 Å². The molecule has 0 unspecified atom stereocenters. The lowest BCUT2D eigenvalue weighted by molar-refractivity contribution is -0.116. The summed E-state index contributed by atoms with van der Waals surface area (Å²) in [4.78, 5) is 23.0. The molecule has 2 amide bonds. The lowest BCUT2D eigenvalue weighted by atomic mass is 9.87. The molecule has 0 aromatic heterocycles. The third-order valence-corrected chi connectivity index (χ3v) is 3.99. The Morgan fingerprint density at radius 2 is 1.62 bits per heavy atom. The quantitative estimate of drug-likeness (QED) is 0.740. The van der Waals surface area contributed by atoms with Gasteiger partial charge in [0.15, 0.2) is 0 Å². The lowest BCUT2D eigenvalue weighted by Crippen LogP contribution is -2.14. The number of nitrogens with one attached hydrogen (secondary N) is 1. The van der Waals surface area contributed by atoms with Gasteiger partial charge in [0, 0.05) is 17.7 Å². The van der Waals surface area contributed by atoms with Crippen molar-refractivity contribution in [2.75, 3.05) is 11.9 Å². The fourth-order valence-electron chi connectivity index (χ4n) is 2.42. The largest absolute Gasteiger partial charge is 0.494 e. The predicted molar refractivity (Wildman–Crippen MR) is 103 cm³/mol. The van der Waals surface area contributed by atoms with Crippen molar-refractivity contribution in [3.8, 4) is 5.75 Å². The second-order valence-corrected chi connectivity index (χ2v) is 7.22. The van der Waals surface area contributed by atoms with Crippen LogP contribution < -0.4 is 15.8 Å². The fraction of sp³-hybridized carbons (Fsp3) is 0.333. The lowest BCUT2D eigenvalue weighted by Gasteiger charge is -2.19. The molecule has 0 aliphatic heterocycles. The van der Waals surface area contributed by atoms with Crippen LogP contribution >= 0.6 is 0 Å². The van der Waals surface area contributed by atoms with Crippen molar-refractivity contribution in [3.05, 3.63) is 59.7 Å². The molecule has 2 aromatic rings. The van der Waals surface area contributed by atoms with E-state index >= 15 is 0 Å². The molecule has 2 rings (SSSR count). The van der Waals surface area contributed by atoms with Gasteiger partial charge in [-0.05, 0) is 53.8 Å². The molecule has 0 heterocycles. The monoisotopic (exact) mass is 354 g/mol. The molecule has 5 nitrogen and oxygen atoms in total. The normalized spacial score (nSPS) is 11.0. The van der Waals surface area contributed by atoms with E-state index < -0.39 is 5.91 Å². The number of hydrogen-bond acceptors (Lipinski definition) is 3. The molecule has 138 valence electrons. The first-order valence-electron chi connectivity index (χ1n) is 8.69. The Labute approximate surface area is 154 Å². The maximum Gasteiger partial charge on any atom is 0.248 e. The molecule has 0 spiro atoms. The molecule has 0 fully saturated rings. The van der Waals surface area contributed by atoms with Crippen LogP contribution in [0.5, 0.6) is 5.75 Å². The average molecular weight is 354 g/mol. The van der Waals surface area contributed by atoms with Gasteiger partial charge in [0.1, 0.15) is 5.75 Å². The Morgan fingerprint density at radius 3 is 2.15 bits per heavy atom. The molecular weight excluding hydrogens is 328 g/mol. The number of carbonyl (C=O) groups excluding carboxylic acids is 2. The van der Waals surface area contributed by atoms with Gasteiger partial charge in [0.05, 0.1) is 6.61 Å². The van der Waals surface area contributed by atoms with E-state index in [2.05, 4.69) is 38.2 Å². The van der Waals surface area contributed by atoms with Crippen LogP contribution in [0, 0.1) is 0 Å². The Morgan fingerprint density at radius 1 is 1.00 bits per heavy atom. The zero-order valence-corrected chi connectivity index (χ0v) is 15.5. The van der Waals surface area contributed by atoms with Crippen molar-refractivity contribution in [2.24, 2.45) is 5.73 Å². The van der Waals surface area contributed by atoms with Gasteiger partial charge in [0.2, 0.25) is 11.8 Å².